The van der Waals surface area contributed by atoms with Crippen molar-refractivity contribution in [3.8, 4) is 0 Å². The van der Waals surface area contributed by atoms with Crippen molar-refractivity contribution in [1.82, 2.24) is 14.8 Å². The Morgan fingerprint density at radius 1 is 1.11 bits per heavy atom. The summed E-state index contributed by atoms with van der Waals surface area (Å²) < 4.78 is 0. The Morgan fingerprint density at radius 3 is 2.78 bits per heavy atom. The van der Waals surface area contributed by atoms with Crippen LogP contribution in [0.25, 0.3) is 0 Å². The summed E-state index contributed by atoms with van der Waals surface area (Å²) >= 11 is 0. The fourth-order valence-corrected chi connectivity index (χ4v) is 5.61. The first-order valence-corrected chi connectivity index (χ1v) is 11.1. The van der Waals surface area contributed by atoms with Crippen molar-refractivity contribution in [2.24, 2.45) is 11.3 Å². The molecule has 0 N–H and O–H groups in total. The summed E-state index contributed by atoms with van der Waals surface area (Å²) in [7, 11) is 0. The van der Waals surface area contributed by atoms with Crippen LogP contribution in [0.15, 0.2) is 18.2 Å². The van der Waals surface area contributed by atoms with Gasteiger partial charge in [0.05, 0.1) is 0 Å². The minimum Gasteiger partial charge on any atom is -0.337 e. The van der Waals surface area contributed by atoms with Crippen LogP contribution in [-0.4, -0.2) is 53.4 Å². The van der Waals surface area contributed by atoms with E-state index in [4.69, 9.17) is 0 Å². The second kappa shape index (κ2) is 8.30. The van der Waals surface area contributed by atoms with Crippen molar-refractivity contribution in [2.75, 3.05) is 32.7 Å². The highest BCUT2D eigenvalue weighted by molar-refractivity contribution is 5.92. The third-order valence-electron chi connectivity index (χ3n) is 7.15. The van der Waals surface area contributed by atoms with E-state index in [1.54, 1.807) is 0 Å². The average molecular weight is 370 g/mol. The molecule has 1 unspecified atom stereocenters. The highest BCUT2D eigenvalue weighted by Gasteiger charge is 2.43. The minimum atomic E-state index is 0.120. The average Bonchev–Trinajstić information content (AvgIpc) is 3.10. The fourth-order valence-electron chi connectivity index (χ4n) is 5.61. The van der Waals surface area contributed by atoms with Crippen molar-refractivity contribution in [1.29, 1.82) is 0 Å². The summed E-state index contributed by atoms with van der Waals surface area (Å²) in [6, 6.07) is 5.75. The van der Waals surface area contributed by atoms with Gasteiger partial charge in [-0.15, -0.1) is 0 Å². The van der Waals surface area contributed by atoms with Crippen LogP contribution in [0.4, 0.5) is 0 Å². The van der Waals surface area contributed by atoms with E-state index in [1.807, 2.05) is 25.1 Å². The van der Waals surface area contributed by atoms with Crippen molar-refractivity contribution in [3.05, 3.63) is 29.6 Å². The zero-order valence-electron chi connectivity index (χ0n) is 17.0. The summed E-state index contributed by atoms with van der Waals surface area (Å²) in [4.78, 5) is 22.1. The van der Waals surface area contributed by atoms with Gasteiger partial charge in [-0.1, -0.05) is 38.2 Å². The molecule has 0 aromatic carbocycles. The van der Waals surface area contributed by atoms with E-state index in [0.717, 1.165) is 31.1 Å². The lowest BCUT2D eigenvalue weighted by Gasteiger charge is -2.41. The highest BCUT2D eigenvalue weighted by Crippen LogP contribution is 2.39. The first-order valence-electron chi connectivity index (χ1n) is 11.1. The molecule has 1 aromatic heterocycles. The molecule has 1 aromatic rings. The second-order valence-corrected chi connectivity index (χ2v) is 9.31. The normalized spacial score (nSPS) is 27.4. The van der Waals surface area contributed by atoms with Crippen molar-refractivity contribution in [3.63, 3.8) is 0 Å². The van der Waals surface area contributed by atoms with E-state index in [-0.39, 0.29) is 5.91 Å². The van der Waals surface area contributed by atoms with Crippen LogP contribution in [0.5, 0.6) is 0 Å². The van der Waals surface area contributed by atoms with Crippen LogP contribution in [0.3, 0.4) is 0 Å². The molecule has 4 nitrogen and oxygen atoms in total. The quantitative estimate of drug-likeness (QED) is 0.794. The largest absolute Gasteiger partial charge is 0.337 e. The number of aromatic nitrogens is 1. The van der Waals surface area contributed by atoms with E-state index < -0.39 is 0 Å². The van der Waals surface area contributed by atoms with Gasteiger partial charge in [-0.3, -0.25) is 4.79 Å². The molecule has 148 valence electrons. The van der Waals surface area contributed by atoms with Crippen LogP contribution in [0.1, 0.15) is 74.0 Å². The number of aryl methyl sites for hydroxylation is 1. The monoisotopic (exact) mass is 369 g/mol. The van der Waals surface area contributed by atoms with E-state index >= 15 is 0 Å². The van der Waals surface area contributed by atoms with Gasteiger partial charge in [0.25, 0.3) is 5.91 Å². The Balaban J connectivity index is 1.32. The Labute approximate surface area is 164 Å². The Morgan fingerprint density at radius 2 is 1.96 bits per heavy atom. The fraction of sp³-hybridized carbons (Fsp3) is 0.739. The topological polar surface area (TPSA) is 36.4 Å². The molecule has 0 bridgehead atoms. The van der Waals surface area contributed by atoms with E-state index in [0.29, 0.717) is 11.1 Å². The number of piperidine rings is 1. The highest BCUT2D eigenvalue weighted by atomic mass is 16.2. The second-order valence-electron chi connectivity index (χ2n) is 9.31. The number of pyridine rings is 1. The number of carbonyl (C=O) groups excluding carboxylic acids is 1. The molecule has 1 amide bonds. The van der Waals surface area contributed by atoms with Crippen LogP contribution >= 0.6 is 0 Å². The molecule has 3 fully saturated rings. The van der Waals surface area contributed by atoms with Gasteiger partial charge in [0.15, 0.2) is 0 Å². The van der Waals surface area contributed by atoms with Crippen LogP contribution in [0.2, 0.25) is 0 Å². The van der Waals surface area contributed by atoms with Gasteiger partial charge in [0.1, 0.15) is 5.69 Å². The maximum absolute atomic E-state index is 12.9. The number of rotatable bonds is 4. The van der Waals surface area contributed by atoms with Crippen molar-refractivity contribution >= 4 is 5.91 Å². The maximum Gasteiger partial charge on any atom is 0.272 e. The lowest BCUT2D eigenvalue weighted by Crippen LogP contribution is -2.46. The number of carbonyl (C=O) groups is 1. The van der Waals surface area contributed by atoms with Crippen molar-refractivity contribution < 1.29 is 4.79 Å². The number of nitrogens with zero attached hydrogens (tertiary/aromatic N) is 3. The SMILES string of the molecule is Cc1cccc(C(=O)N2CCC3(CCCN(CCC4CCCCC4)C3)C2)n1. The summed E-state index contributed by atoms with van der Waals surface area (Å²) in [5, 5.41) is 0. The van der Waals surface area contributed by atoms with Gasteiger partial charge in [-0.25, -0.2) is 4.98 Å². The third-order valence-corrected chi connectivity index (χ3v) is 7.15. The van der Waals surface area contributed by atoms with E-state index in [9.17, 15) is 4.79 Å². The molecule has 3 heterocycles. The number of hydrogen-bond acceptors (Lipinski definition) is 3. The third kappa shape index (κ3) is 4.53. The molecule has 2 aliphatic heterocycles. The van der Waals surface area contributed by atoms with Crippen LogP contribution < -0.4 is 0 Å². The molecule has 2 saturated heterocycles. The lowest BCUT2D eigenvalue weighted by atomic mass is 9.79. The summed E-state index contributed by atoms with van der Waals surface area (Å²) in [6.45, 7) is 7.46. The molecule has 1 aliphatic carbocycles. The van der Waals surface area contributed by atoms with Crippen molar-refractivity contribution in [2.45, 2.75) is 64.7 Å². The van der Waals surface area contributed by atoms with Gasteiger partial charge in [-0.05, 0) is 63.7 Å². The van der Waals surface area contributed by atoms with E-state index in [1.165, 1.54) is 71.0 Å². The number of amides is 1. The smallest absolute Gasteiger partial charge is 0.272 e. The molecule has 4 rings (SSSR count). The van der Waals surface area contributed by atoms with Gasteiger partial charge in [-0.2, -0.15) is 0 Å². The molecule has 1 atom stereocenters. The Bertz CT molecular complexity index is 655. The van der Waals surface area contributed by atoms with Crippen LogP contribution in [-0.2, 0) is 0 Å². The summed E-state index contributed by atoms with van der Waals surface area (Å²) in [6.07, 6.45) is 12.3. The number of hydrogen-bond donors (Lipinski definition) is 0. The summed E-state index contributed by atoms with van der Waals surface area (Å²) in [5.41, 5.74) is 1.85. The zero-order valence-corrected chi connectivity index (χ0v) is 17.0. The molecule has 3 aliphatic rings. The van der Waals surface area contributed by atoms with Crippen LogP contribution in [0, 0.1) is 18.3 Å². The number of likely N-dealkylation sites (tertiary alicyclic amines) is 2. The predicted molar refractivity (Wildman–Crippen MR) is 109 cm³/mol. The molecule has 1 spiro atoms. The molecule has 4 heteroatoms. The van der Waals surface area contributed by atoms with Gasteiger partial charge >= 0.3 is 0 Å². The first kappa shape index (κ1) is 18.9. The molecule has 27 heavy (non-hydrogen) atoms. The predicted octanol–water partition coefficient (Wildman–Crippen LogP) is 4.29. The van der Waals surface area contributed by atoms with Gasteiger partial charge < -0.3 is 9.80 Å². The van der Waals surface area contributed by atoms with Gasteiger partial charge in [0.2, 0.25) is 0 Å². The first-order chi connectivity index (χ1) is 13.1. The Kier molecular flexibility index (Phi) is 5.82. The molecular formula is C23H35N3O. The van der Waals surface area contributed by atoms with Gasteiger partial charge in [0, 0.05) is 30.7 Å². The zero-order chi connectivity index (χ0) is 18.7. The minimum absolute atomic E-state index is 0.120. The standard InChI is InChI=1S/C23H35N3O/c1-19-7-5-10-21(24-19)22(27)26-16-13-23(18-26)12-6-14-25(17-23)15-11-20-8-3-2-4-9-20/h5,7,10,20H,2-4,6,8-9,11-18H2,1H3. The van der Waals surface area contributed by atoms with E-state index in [2.05, 4.69) is 14.8 Å². The summed E-state index contributed by atoms with van der Waals surface area (Å²) in [5.74, 6) is 1.08. The molecule has 1 saturated carbocycles. The lowest BCUT2D eigenvalue weighted by molar-refractivity contribution is 0.0670. The molecular weight excluding hydrogens is 334 g/mol. The molecule has 0 radical (unpaired) electrons. The maximum atomic E-state index is 12.9. The Hall–Kier alpha value is -1.42.